The van der Waals surface area contributed by atoms with Gasteiger partial charge in [0.1, 0.15) is 5.69 Å². The minimum atomic E-state index is -0.393. The summed E-state index contributed by atoms with van der Waals surface area (Å²) in [4.78, 5) is 21.2. The van der Waals surface area contributed by atoms with Crippen molar-refractivity contribution in [1.29, 1.82) is 0 Å². The number of hydrogen-bond donors (Lipinski definition) is 1. The molecule has 1 aliphatic carbocycles. The predicted molar refractivity (Wildman–Crippen MR) is 73.6 cm³/mol. The van der Waals surface area contributed by atoms with Crippen LogP contribution in [0.15, 0.2) is 0 Å². The summed E-state index contributed by atoms with van der Waals surface area (Å²) in [5, 5.41) is 14.2. The molecule has 2 rings (SSSR count). The molecule has 1 aliphatic rings. The Morgan fingerprint density at radius 2 is 2.16 bits per heavy atom. The highest BCUT2D eigenvalue weighted by Gasteiger charge is 2.30. The first-order valence-electron chi connectivity index (χ1n) is 6.54. The molecule has 0 aromatic carbocycles. The zero-order chi connectivity index (χ0) is 14.0. The maximum atomic E-state index is 11.2. The Morgan fingerprint density at radius 1 is 1.47 bits per heavy atom. The van der Waals surface area contributed by atoms with E-state index in [0.717, 1.165) is 12.8 Å². The first kappa shape index (κ1) is 13.5. The Balaban J connectivity index is 2.43. The van der Waals surface area contributed by atoms with Crippen molar-refractivity contribution in [2.75, 3.05) is 23.8 Å². The lowest BCUT2D eigenvalue weighted by molar-refractivity contribution is -0.385. The topological polar surface area (TPSA) is 84.2 Å². The number of aromatic nitrogens is 2. The van der Waals surface area contributed by atoms with Crippen molar-refractivity contribution in [2.24, 2.45) is 0 Å². The fourth-order valence-electron chi connectivity index (χ4n) is 2.20. The molecule has 1 fully saturated rings. The van der Waals surface area contributed by atoms with Crippen LogP contribution in [0, 0.1) is 17.0 Å². The van der Waals surface area contributed by atoms with Crippen LogP contribution in [0.2, 0.25) is 0 Å². The lowest BCUT2D eigenvalue weighted by atomic mass is 9.92. The predicted octanol–water partition coefficient (Wildman–Crippen LogP) is 2.11. The summed E-state index contributed by atoms with van der Waals surface area (Å²) in [7, 11) is 1.87. The van der Waals surface area contributed by atoms with Crippen molar-refractivity contribution in [3.8, 4) is 0 Å². The number of nitrogens with zero attached hydrogens (tertiary/aromatic N) is 4. The van der Waals surface area contributed by atoms with Crippen molar-refractivity contribution < 1.29 is 4.92 Å². The average molecular weight is 265 g/mol. The smallest absolute Gasteiger partial charge is 0.332 e. The SMILES string of the molecule is CCNc1nc(C)c([N+](=O)[O-])c(N(C)C2CCC2)n1. The van der Waals surface area contributed by atoms with Crippen LogP contribution < -0.4 is 10.2 Å². The van der Waals surface area contributed by atoms with E-state index in [-0.39, 0.29) is 5.69 Å². The van der Waals surface area contributed by atoms with Crippen molar-refractivity contribution in [2.45, 2.75) is 39.2 Å². The standard InChI is InChI=1S/C12H19N5O2/c1-4-13-12-14-8(2)10(17(18)19)11(15-12)16(3)9-6-5-7-9/h9H,4-7H2,1-3H3,(H,13,14,15). The summed E-state index contributed by atoms with van der Waals surface area (Å²) in [5.41, 5.74) is 0.410. The molecule has 1 aromatic rings. The molecule has 1 N–H and O–H groups in total. The van der Waals surface area contributed by atoms with Crippen LogP contribution >= 0.6 is 0 Å². The van der Waals surface area contributed by atoms with E-state index in [2.05, 4.69) is 15.3 Å². The van der Waals surface area contributed by atoms with Crippen LogP contribution in [-0.2, 0) is 0 Å². The Labute approximate surface area is 112 Å². The highest BCUT2D eigenvalue weighted by molar-refractivity contribution is 5.62. The fraction of sp³-hybridized carbons (Fsp3) is 0.667. The molecular weight excluding hydrogens is 246 g/mol. The van der Waals surface area contributed by atoms with Crippen molar-refractivity contribution in [3.05, 3.63) is 15.8 Å². The Morgan fingerprint density at radius 3 is 2.63 bits per heavy atom. The maximum Gasteiger partial charge on any atom is 0.332 e. The van der Waals surface area contributed by atoms with Crippen LogP contribution in [0.4, 0.5) is 17.5 Å². The van der Waals surface area contributed by atoms with Gasteiger partial charge < -0.3 is 10.2 Å². The van der Waals surface area contributed by atoms with Gasteiger partial charge in [0, 0.05) is 19.6 Å². The van der Waals surface area contributed by atoms with Gasteiger partial charge in [0.05, 0.1) is 4.92 Å². The van der Waals surface area contributed by atoms with Gasteiger partial charge in [-0.1, -0.05) is 0 Å². The van der Waals surface area contributed by atoms with Crippen LogP contribution in [-0.4, -0.2) is 34.5 Å². The Hall–Kier alpha value is -1.92. The van der Waals surface area contributed by atoms with E-state index >= 15 is 0 Å². The number of nitro groups is 1. The average Bonchev–Trinajstić information content (AvgIpc) is 2.25. The largest absolute Gasteiger partial charge is 0.354 e. The zero-order valence-electron chi connectivity index (χ0n) is 11.5. The molecular formula is C12H19N5O2. The molecule has 7 heteroatoms. The van der Waals surface area contributed by atoms with Crippen LogP contribution in [0.25, 0.3) is 0 Å². The molecule has 0 bridgehead atoms. The Kier molecular flexibility index (Phi) is 3.82. The molecule has 0 spiro atoms. The van der Waals surface area contributed by atoms with E-state index in [1.54, 1.807) is 6.92 Å². The first-order valence-corrected chi connectivity index (χ1v) is 6.54. The third kappa shape index (κ3) is 2.59. The molecule has 1 heterocycles. The summed E-state index contributed by atoms with van der Waals surface area (Å²) in [6.07, 6.45) is 3.30. The van der Waals surface area contributed by atoms with Crippen LogP contribution in [0.1, 0.15) is 31.9 Å². The second kappa shape index (κ2) is 5.38. The van der Waals surface area contributed by atoms with Crippen molar-refractivity contribution in [3.63, 3.8) is 0 Å². The second-order valence-corrected chi connectivity index (χ2v) is 4.79. The van der Waals surface area contributed by atoms with Gasteiger partial charge in [-0.2, -0.15) is 4.98 Å². The number of hydrogen-bond acceptors (Lipinski definition) is 6. The maximum absolute atomic E-state index is 11.2. The quantitative estimate of drug-likeness (QED) is 0.648. The molecule has 0 aliphatic heterocycles. The van der Waals surface area contributed by atoms with Gasteiger partial charge in [0.25, 0.3) is 0 Å². The van der Waals surface area contributed by atoms with Gasteiger partial charge in [-0.15, -0.1) is 0 Å². The molecule has 104 valence electrons. The lowest BCUT2D eigenvalue weighted by Gasteiger charge is -2.35. The number of nitrogens with one attached hydrogen (secondary N) is 1. The molecule has 19 heavy (non-hydrogen) atoms. The van der Waals surface area contributed by atoms with Gasteiger partial charge in [-0.3, -0.25) is 10.1 Å². The second-order valence-electron chi connectivity index (χ2n) is 4.79. The highest BCUT2D eigenvalue weighted by atomic mass is 16.6. The molecule has 7 nitrogen and oxygen atoms in total. The van der Waals surface area contributed by atoms with Crippen molar-refractivity contribution >= 4 is 17.5 Å². The van der Waals surface area contributed by atoms with Gasteiger partial charge in [-0.05, 0) is 33.1 Å². The normalized spacial score (nSPS) is 14.9. The van der Waals surface area contributed by atoms with Gasteiger partial charge >= 0.3 is 5.69 Å². The monoisotopic (exact) mass is 265 g/mol. The van der Waals surface area contributed by atoms with E-state index < -0.39 is 4.92 Å². The third-order valence-electron chi connectivity index (χ3n) is 3.51. The minimum Gasteiger partial charge on any atom is -0.354 e. The summed E-state index contributed by atoms with van der Waals surface area (Å²) < 4.78 is 0. The van der Waals surface area contributed by atoms with E-state index in [0.29, 0.717) is 30.0 Å². The number of rotatable bonds is 5. The van der Waals surface area contributed by atoms with Crippen molar-refractivity contribution in [1.82, 2.24) is 9.97 Å². The van der Waals surface area contributed by atoms with E-state index in [4.69, 9.17) is 0 Å². The summed E-state index contributed by atoms with van der Waals surface area (Å²) in [6.45, 7) is 4.28. The Bertz CT molecular complexity index is 487. The molecule has 0 atom stereocenters. The lowest BCUT2D eigenvalue weighted by Crippen LogP contribution is -2.38. The molecule has 0 unspecified atom stereocenters. The summed E-state index contributed by atoms with van der Waals surface area (Å²) in [5.74, 6) is 0.866. The van der Waals surface area contributed by atoms with E-state index in [9.17, 15) is 10.1 Å². The minimum absolute atomic E-state index is 0.0102. The molecule has 1 saturated carbocycles. The molecule has 0 radical (unpaired) electrons. The third-order valence-corrected chi connectivity index (χ3v) is 3.51. The van der Waals surface area contributed by atoms with Gasteiger partial charge in [0.2, 0.25) is 11.8 Å². The van der Waals surface area contributed by atoms with Crippen LogP contribution in [0.3, 0.4) is 0 Å². The molecule has 1 aromatic heterocycles. The molecule has 0 amide bonds. The summed E-state index contributed by atoms with van der Waals surface area (Å²) in [6, 6.07) is 0.350. The van der Waals surface area contributed by atoms with Gasteiger partial charge in [-0.25, -0.2) is 4.98 Å². The fourth-order valence-corrected chi connectivity index (χ4v) is 2.20. The number of aryl methyl sites for hydroxylation is 1. The van der Waals surface area contributed by atoms with Gasteiger partial charge in [0.15, 0.2) is 0 Å². The van der Waals surface area contributed by atoms with E-state index in [1.807, 2.05) is 18.9 Å². The highest BCUT2D eigenvalue weighted by Crippen LogP contribution is 2.34. The van der Waals surface area contributed by atoms with Crippen LogP contribution in [0.5, 0.6) is 0 Å². The molecule has 0 saturated heterocycles. The number of anilines is 2. The zero-order valence-corrected chi connectivity index (χ0v) is 11.5. The first-order chi connectivity index (χ1) is 9.04. The van der Waals surface area contributed by atoms with E-state index in [1.165, 1.54) is 6.42 Å². The summed E-state index contributed by atoms with van der Waals surface area (Å²) >= 11 is 0.